The first-order valence-corrected chi connectivity index (χ1v) is 8.08. The van der Waals surface area contributed by atoms with E-state index in [9.17, 15) is 9.59 Å². The van der Waals surface area contributed by atoms with Crippen LogP contribution in [-0.2, 0) is 14.3 Å². The van der Waals surface area contributed by atoms with E-state index in [1.165, 1.54) is 0 Å². The van der Waals surface area contributed by atoms with E-state index >= 15 is 0 Å². The lowest BCUT2D eigenvalue weighted by atomic mass is 10.1. The van der Waals surface area contributed by atoms with Gasteiger partial charge in [-0.25, -0.2) is 5.01 Å². The Balaban J connectivity index is 1.68. The summed E-state index contributed by atoms with van der Waals surface area (Å²) >= 11 is 0. The average Bonchev–Trinajstić information content (AvgIpc) is 2.92. The van der Waals surface area contributed by atoms with Gasteiger partial charge in [-0.1, -0.05) is 12.1 Å². The Kier molecular flexibility index (Phi) is 4.63. The van der Waals surface area contributed by atoms with Gasteiger partial charge >= 0.3 is 0 Å². The standard InChI is InChI=1S/C17H23N3O3/c1-12-3-4-13(2)15(11-12)20-6-5-14(17(20)22)16(21)18-19-7-9-23-10-8-19/h3-4,11,14H,5-10H2,1-2H3,(H,18,21)/t14-/m0/s1. The number of carbonyl (C=O) groups excluding carboxylic acids is 2. The molecule has 2 amide bonds. The molecule has 0 aliphatic carbocycles. The molecule has 0 spiro atoms. The molecule has 3 rings (SSSR count). The molecule has 2 aliphatic rings. The number of hydrogen-bond acceptors (Lipinski definition) is 4. The second-order valence-corrected chi connectivity index (χ2v) is 6.20. The second kappa shape index (κ2) is 6.68. The molecule has 2 aliphatic heterocycles. The molecular weight excluding hydrogens is 294 g/mol. The summed E-state index contributed by atoms with van der Waals surface area (Å²) in [4.78, 5) is 26.8. The molecule has 0 bridgehead atoms. The van der Waals surface area contributed by atoms with Gasteiger partial charge in [0.1, 0.15) is 5.92 Å². The normalized spacial score (nSPS) is 22.4. The number of aryl methyl sites for hydroxylation is 2. The minimum Gasteiger partial charge on any atom is -0.379 e. The predicted octanol–water partition coefficient (Wildman–Crippen LogP) is 1.02. The molecule has 0 unspecified atom stereocenters. The first-order chi connectivity index (χ1) is 11.1. The van der Waals surface area contributed by atoms with Crippen molar-refractivity contribution in [2.45, 2.75) is 20.3 Å². The Morgan fingerprint density at radius 3 is 2.70 bits per heavy atom. The van der Waals surface area contributed by atoms with Crippen LogP contribution in [0.4, 0.5) is 5.69 Å². The molecule has 1 N–H and O–H groups in total. The zero-order valence-electron chi connectivity index (χ0n) is 13.7. The molecule has 0 saturated carbocycles. The maximum atomic E-state index is 12.7. The lowest BCUT2D eigenvalue weighted by Crippen LogP contribution is -2.51. The van der Waals surface area contributed by atoms with Crippen LogP contribution in [0.1, 0.15) is 17.5 Å². The minimum atomic E-state index is -0.599. The number of rotatable bonds is 3. The SMILES string of the molecule is Cc1ccc(C)c(N2CC[C@@H](C(=O)NN3CCOCC3)C2=O)c1. The Morgan fingerprint density at radius 2 is 1.96 bits per heavy atom. The van der Waals surface area contributed by atoms with Crippen molar-refractivity contribution in [2.24, 2.45) is 5.92 Å². The van der Waals surface area contributed by atoms with Gasteiger partial charge in [0.2, 0.25) is 11.8 Å². The molecule has 6 heteroatoms. The van der Waals surface area contributed by atoms with Crippen molar-refractivity contribution in [2.75, 3.05) is 37.7 Å². The quantitative estimate of drug-likeness (QED) is 0.846. The molecule has 23 heavy (non-hydrogen) atoms. The monoisotopic (exact) mass is 317 g/mol. The Labute approximate surface area is 136 Å². The average molecular weight is 317 g/mol. The summed E-state index contributed by atoms with van der Waals surface area (Å²) in [6.07, 6.45) is 0.558. The van der Waals surface area contributed by atoms with Crippen LogP contribution in [0.3, 0.4) is 0 Å². The predicted molar refractivity (Wildman–Crippen MR) is 86.9 cm³/mol. The largest absolute Gasteiger partial charge is 0.379 e. The number of anilines is 1. The van der Waals surface area contributed by atoms with Gasteiger partial charge in [-0.05, 0) is 37.5 Å². The van der Waals surface area contributed by atoms with Crippen molar-refractivity contribution in [3.63, 3.8) is 0 Å². The lowest BCUT2D eigenvalue weighted by molar-refractivity contribution is -0.137. The Hall–Kier alpha value is -1.92. The van der Waals surface area contributed by atoms with Crippen molar-refractivity contribution in [1.29, 1.82) is 0 Å². The fraction of sp³-hybridized carbons (Fsp3) is 0.529. The van der Waals surface area contributed by atoms with Crippen LogP contribution >= 0.6 is 0 Å². The Morgan fingerprint density at radius 1 is 1.22 bits per heavy atom. The zero-order chi connectivity index (χ0) is 16.4. The molecule has 124 valence electrons. The van der Waals surface area contributed by atoms with Crippen LogP contribution < -0.4 is 10.3 Å². The Bertz CT molecular complexity index is 611. The maximum Gasteiger partial charge on any atom is 0.246 e. The highest BCUT2D eigenvalue weighted by molar-refractivity contribution is 6.09. The number of morpholine rings is 1. The summed E-state index contributed by atoms with van der Waals surface area (Å²) in [5, 5.41) is 1.83. The van der Waals surface area contributed by atoms with Crippen LogP contribution in [-0.4, -0.2) is 49.7 Å². The number of amides is 2. The molecule has 1 atom stereocenters. The molecule has 0 aromatic heterocycles. The topological polar surface area (TPSA) is 61.9 Å². The molecule has 2 fully saturated rings. The number of carbonyl (C=O) groups is 2. The van der Waals surface area contributed by atoms with Crippen LogP contribution in [0.2, 0.25) is 0 Å². The number of hydrogen-bond donors (Lipinski definition) is 1. The van der Waals surface area contributed by atoms with Crippen LogP contribution in [0, 0.1) is 19.8 Å². The van der Waals surface area contributed by atoms with Gasteiger partial charge in [0, 0.05) is 25.3 Å². The highest BCUT2D eigenvalue weighted by Gasteiger charge is 2.38. The lowest BCUT2D eigenvalue weighted by Gasteiger charge is -2.28. The third kappa shape index (κ3) is 3.38. The third-order valence-corrected chi connectivity index (χ3v) is 4.46. The summed E-state index contributed by atoms with van der Waals surface area (Å²) in [6, 6.07) is 6.05. The molecule has 2 saturated heterocycles. The maximum absolute atomic E-state index is 12.7. The fourth-order valence-corrected chi connectivity index (χ4v) is 3.08. The van der Waals surface area contributed by atoms with E-state index in [2.05, 4.69) is 5.43 Å². The van der Waals surface area contributed by atoms with E-state index in [-0.39, 0.29) is 11.8 Å². The zero-order valence-corrected chi connectivity index (χ0v) is 13.7. The number of nitrogens with one attached hydrogen (secondary N) is 1. The molecular formula is C17H23N3O3. The molecule has 6 nitrogen and oxygen atoms in total. The summed E-state index contributed by atoms with van der Waals surface area (Å²) in [5.74, 6) is -0.910. The van der Waals surface area contributed by atoms with E-state index < -0.39 is 5.92 Å². The number of ether oxygens (including phenoxy) is 1. The molecule has 2 heterocycles. The van der Waals surface area contributed by atoms with Gasteiger partial charge in [0.15, 0.2) is 0 Å². The van der Waals surface area contributed by atoms with Crippen LogP contribution in [0.25, 0.3) is 0 Å². The van der Waals surface area contributed by atoms with Crippen LogP contribution in [0.5, 0.6) is 0 Å². The summed E-state index contributed by atoms with van der Waals surface area (Å²) < 4.78 is 5.26. The van der Waals surface area contributed by atoms with Crippen LogP contribution in [0.15, 0.2) is 18.2 Å². The van der Waals surface area contributed by atoms with Gasteiger partial charge in [-0.15, -0.1) is 0 Å². The summed E-state index contributed by atoms with van der Waals surface area (Å²) in [7, 11) is 0. The molecule has 0 radical (unpaired) electrons. The third-order valence-electron chi connectivity index (χ3n) is 4.46. The van der Waals surface area contributed by atoms with Gasteiger partial charge < -0.3 is 9.64 Å². The van der Waals surface area contributed by atoms with Crippen molar-refractivity contribution in [1.82, 2.24) is 10.4 Å². The van der Waals surface area contributed by atoms with E-state index in [1.807, 2.05) is 37.1 Å². The summed E-state index contributed by atoms with van der Waals surface area (Å²) in [6.45, 7) is 7.11. The highest BCUT2D eigenvalue weighted by Crippen LogP contribution is 2.29. The number of hydrazine groups is 1. The highest BCUT2D eigenvalue weighted by atomic mass is 16.5. The number of nitrogens with zero attached hydrogens (tertiary/aromatic N) is 2. The van der Waals surface area contributed by atoms with Gasteiger partial charge in [0.25, 0.3) is 0 Å². The van der Waals surface area contributed by atoms with Crippen molar-refractivity contribution in [3.8, 4) is 0 Å². The van der Waals surface area contributed by atoms with Crippen molar-refractivity contribution in [3.05, 3.63) is 29.3 Å². The van der Waals surface area contributed by atoms with Crippen molar-refractivity contribution >= 4 is 17.5 Å². The van der Waals surface area contributed by atoms with E-state index in [4.69, 9.17) is 4.74 Å². The first-order valence-electron chi connectivity index (χ1n) is 8.08. The van der Waals surface area contributed by atoms with Gasteiger partial charge in [-0.3, -0.25) is 15.0 Å². The van der Waals surface area contributed by atoms with Crippen molar-refractivity contribution < 1.29 is 14.3 Å². The molecule has 1 aromatic rings. The molecule has 1 aromatic carbocycles. The smallest absolute Gasteiger partial charge is 0.246 e. The first kappa shape index (κ1) is 16.0. The van der Waals surface area contributed by atoms with Gasteiger partial charge in [0.05, 0.1) is 13.2 Å². The fourth-order valence-electron chi connectivity index (χ4n) is 3.08. The van der Waals surface area contributed by atoms with E-state index in [0.717, 1.165) is 16.8 Å². The minimum absolute atomic E-state index is 0.107. The number of benzene rings is 1. The van der Waals surface area contributed by atoms with Gasteiger partial charge in [-0.2, -0.15) is 0 Å². The summed E-state index contributed by atoms with van der Waals surface area (Å²) in [5.41, 5.74) is 5.93. The van der Waals surface area contributed by atoms with E-state index in [1.54, 1.807) is 4.90 Å². The van der Waals surface area contributed by atoms with E-state index in [0.29, 0.717) is 39.3 Å². The second-order valence-electron chi connectivity index (χ2n) is 6.20.